The van der Waals surface area contributed by atoms with Crippen molar-refractivity contribution in [2.75, 3.05) is 6.61 Å². The number of rotatable bonds is 2. The Bertz CT molecular complexity index is 30.0. The van der Waals surface area contributed by atoms with E-state index in [1.54, 1.807) is 6.92 Å². The predicted octanol–water partition coefficient (Wildman–Crippen LogP) is -0.826. The van der Waals surface area contributed by atoms with Crippen LogP contribution in [0, 0.1) is 0 Å². The van der Waals surface area contributed by atoms with Crippen molar-refractivity contribution in [3.05, 3.63) is 0 Å². The quantitative estimate of drug-likeness (QED) is 0.423. The van der Waals surface area contributed by atoms with Crippen molar-refractivity contribution >= 4 is 29.5 Å². The zero-order chi connectivity index (χ0) is 4.12. The molecule has 0 rings (SSSR count). The highest BCUT2D eigenvalue weighted by atomic mass is 24.3. The molecule has 0 saturated carbocycles. The summed E-state index contributed by atoms with van der Waals surface area (Å²) in [5.41, 5.74) is 0. The van der Waals surface area contributed by atoms with Gasteiger partial charge in [0, 0.05) is 0 Å². The maximum atomic E-state index is 9.06. The lowest BCUT2D eigenvalue weighted by Crippen LogP contribution is -1.80. The first-order chi connectivity index (χ1) is 2.41. The molecule has 0 bridgehead atoms. The molecular formula is C3H7MgO2. The van der Waals surface area contributed by atoms with Crippen molar-refractivity contribution in [1.82, 2.24) is 0 Å². The van der Waals surface area contributed by atoms with Gasteiger partial charge in [0.2, 0.25) is 0 Å². The van der Waals surface area contributed by atoms with Gasteiger partial charge in [0.25, 0.3) is 0 Å². The molecule has 2 nitrogen and oxygen atoms in total. The molecule has 0 aliphatic heterocycles. The fourth-order valence-corrected chi connectivity index (χ4v) is 0.0589. The zero-order valence-corrected chi connectivity index (χ0v) is 3.02. The Balaban J connectivity index is 0. The molecule has 0 amide bonds. The average Bonchev–Trinajstić information content (AvgIpc) is 1.41. The fourth-order valence-electron chi connectivity index (χ4n) is 0.0589. The van der Waals surface area contributed by atoms with Crippen LogP contribution in [0.4, 0.5) is 0 Å². The molecule has 0 aromatic carbocycles. The Morgan fingerprint density at radius 1 is 1.83 bits per heavy atom. The van der Waals surface area contributed by atoms with E-state index < -0.39 is 0 Å². The van der Waals surface area contributed by atoms with Crippen LogP contribution in [0.15, 0.2) is 0 Å². The number of hydrogen-bond acceptors (Lipinski definition) is 2. The third-order valence-corrected chi connectivity index (χ3v) is 0.203. The first-order valence-corrected chi connectivity index (χ1v) is 1.40. The Morgan fingerprint density at radius 2 is 2.33 bits per heavy atom. The molecule has 0 spiro atoms. The molecule has 0 aliphatic rings. The van der Waals surface area contributed by atoms with Crippen LogP contribution in [-0.2, 0) is 9.53 Å². The predicted molar refractivity (Wildman–Crippen MR) is 25.9 cm³/mol. The first kappa shape index (κ1) is 9.53. The lowest BCUT2D eigenvalue weighted by molar-refractivity contribution is 0.296. The van der Waals surface area contributed by atoms with Crippen LogP contribution in [0.3, 0.4) is 0 Å². The van der Waals surface area contributed by atoms with Gasteiger partial charge in [-0.05, 0) is 6.92 Å². The number of hydrogen-bond donors (Lipinski definition) is 0. The molecule has 0 fully saturated rings. The van der Waals surface area contributed by atoms with E-state index in [0.29, 0.717) is 6.61 Å². The van der Waals surface area contributed by atoms with Crippen LogP contribution < -0.4 is 0 Å². The monoisotopic (exact) mass is 99.0 g/mol. The summed E-state index contributed by atoms with van der Waals surface area (Å²) in [4.78, 5) is 9.06. The Kier molecular flexibility index (Phi) is 14.2. The largest absolute Gasteiger partial charge is 0.458 e. The van der Waals surface area contributed by atoms with Crippen molar-refractivity contribution in [3.8, 4) is 0 Å². The molecule has 0 aromatic heterocycles. The van der Waals surface area contributed by atoms with E-state index in [-0.39, 0.29) is 23.1 Å². The van der Waals surface area contributed by atoms with Crippen molar-refractivity contribution in [2.45, 2.75) is 6.92 Å². The third-order valence-electron chi connectivity index (χ3n) is 0.203. The van der Waals surface area contributed by atoms with Gasteiger partial charge in [-0.2, -0.15) is 0 Å². The highest BCUT2D eigenvalue weighted by Gasteiger charge is 1.64. The summed E-state index contributed by atoms with van der Waals surface area (Å²) in [6.45, 7) is 3.41. The van der Waals surface area contributed by atoms with Gasteiger partial charge < -0.3 is 4.74 Å². The van der Waals surface area contributed by atoms with Gasteiger partial charge in [-0.15, -0.1) is 0 Å². The van der Waals surface area contributed by atoms with Gasteiger partial charge in [0.15, 0.2) is 0 Å². The molecule has 0 heterocycles. The van der Waals surface area contributed by atoms with E-state index in [1.165, 1.54) is 6.47 Å². The summed E-state index contributed by atoms with van der Waals surface area (Å²) in [7, 11) is 0. The van der Waals surface area contributed by atoms with Crippen molar-refractivity contribution in [1.29, 1.82) is 0 Å². The topological polar surface area (TPSA) is 26.3 Å². The molecule has 0 unspecified atom stereocenters. The second-order valence-corrected chi connectivity index (χ2v) is 0.516. The van der Waals surface area contributed by atoms with Gasteiger partial charge in [0.1, 0.15) is 0 Å². The highest BCUT2D eigenvalue weighted by molar-refractivity contribution is 5.75. The lowest BCUT2D eigenvalue weighted by atomic mass is 10.9. The summed E-state index contributed by atoms with van der Waals surface area (Å²) >= 11 is 0. The second-order valence-electron chi connectivity index (χ2n) is 0.516. The summed E-state index contributed by atoms with van der Waals surface area (Å²) in [6.07, 6.45) is 0. The van der Waals surface area contributed by atoms with Gasteiger partial charge in [-0.3, -0.25) is 0 Å². The summed E-state index contributed by atoms with van der Waals surface area (Å²) < 4.78 is 4.03. The summed E-state index contributed by atoms with van der Waals surface area (Å²) in [5, 5.41) is 0. The molecule has 0 aliphatic carbocycles. The minimum Gasteiger partial charge on any atom is -0.458 e. The van der Waals surface area contributed by atoms with E-state index in [0.717, 1.165) is 0 Å². The van der Waals surface area contributed by atoms with Crippen molar-refractivity contribution < 1.29 is 9.53 Å². The van der Waals surface area contributed by atoms with Gasteiger partial charge in [0.05, 0.1) is 6.61 Å². The van der Waals surface area contributed by atoms with Crippen LogP contribution in [0.1, 0.15) is 6.92 Å². The molecule has 0 aromatic rings. The van der Waals surface area contributed by atoms with E-state index in [4.69, 9.17) is 4.79 Å². The van der Waals surface area contributed by atoms with E-state index in [2.05, 4.69) is 4.74 Å². The molecule has 33 valence electrons. The van der Waals surface area contributed by atoms with E-state index in [9.17, 15) is 0 Å². The lowest BCUT2D eigenvalue weighted by Gasteiger charge is -1.77. The summed E-state index contributed by atoms with van der Waals surface area (Å²) in [5.74, 6) is 0. The first-order valence-electron chi connectivity index (χ1n) is 1.40. The maximum Gasteiger partial charge on any atom is 0.417 e. The number of ether oxygens (including phenoxy) is 1. The van der Waals surface area contributed by atoms with Gasteiger partial charge in [-0.25, -0.2) is 4.79 Å². The smallest absolute Gasteiger partial charge is 0.417 e. The maximum absolute atomic E-state index is 9.06. The van der Waals surface area contributed by atoms with Crippen LogP contribution in [0.2, 0.25) is 0 Å². The molecule has 3 heteroatoms. The van der Waals surface area contributed by atoms with Gasteiger partial charge >= 0.3 is 29.5 Å². The minimum atomic E-state index is 0. The Morgan fingerprint density at radius 3 is 2.33 bits per heavy atom. The van der Waals surface area contributed by atoms with Crippen molar-refractivity contribution in [2.24, 2.45) is 0 Å². The highest BCUT2D eigenvalue weighted by Crippen LogP contribution is 1.55. The molecule has 6 heavy (non-hydrogen) atoms. The van der Waals surface area contributed by atoms with Crippen LogP contribution >= 0.6 is 0 Å². The minimum absolute atomic E-state index is 0. The van der Waals surface area contributed by atoms with E-state index >= 15 is 0 Å². The standard InChI is InChI=1S/C3H5O2.Mg.2H/c1-2-5-3-4;;;/h2H2,1H3;;;. The normalized spacial score (nSPS) is 5.50. The SMILES string of the molecule is CCO[C]=O.[MgH2]. The van der Waals surface area contributed by atoms with E-state index in [1.807, 2.05) is 0 Å². The molecule has 0 saturated heterocycles. The molecule has 0 atom stereocenters. The van der Waals surface area contributed by atoms with Gasteiger partial charge in [-0.1, -0.05) is 0 Å². The second kappa shape index (κ2) is 8.97. The van der Waals surface area contributed by atoms with Crippen LogP contribution in [0.5, 0.6) is 0 Å². The molecule has 0 N–H and O–H groups in total. The summed E-state index contributed by atoms with van der Waals surface area (Å²) in [6, 6.07) is 0. The van der Waals surface area contributed by atoms with Crippen LogP contribution in [0.25, 0.3) is 0 Å². The Labute approximate surface area is 53.0 Å². The molecule has 1 radical (unpaired) electrons. The van der Waals surface area contributed by atoms with Crippen LogP contribution in [-0.4, -0.2) is 36.1 Å². The van der Waals surface area contributed by atoms with Crippen molar-refractivity contribution in [3.63, 3.8) is 0 Å². The number of carbonyl (C=O) groups excluding carboxylic acids is 1. The Hall–Kier alpha value is 0.236. The average molecular weight is 99.4 g/mol. The fraction of sp³-hybridized carbons (Fsp3) is 0.667. The zero-order valence-electron chi connectivity index (χ0n) is 3.02. The third kappa shape index (κ3) is 8.87. The molecular weight excluding hydrogens is 92.3 g/mol.